The number of nitrogen functional groups attached to an aromatic ring is 1. The van der Waals surface area contributed by atoms with Gasteiger partial charge in [-0.3, -0.25) is 0 Å². The molecule has 0 aliphatic carbocycles. The molecule has 0 spiro atoms. The maximum Gasteiger partial charge on any atom is 0.141 e. The zero-order valence-electron chi connectivity index (χ0n) is 10.5. The third-order valence-corrected chi connectivity index (χ3v) is 3.01. The van der Waals surface area contributed by atoms with Crippen LogP contribution >= 0.6 is 11.6 Å². The van der Waals surface area contributed by atoms with E-state index >= 15 is 0 Å². The molecule has 0 atom stereocenters. The first kappa shape index (κ1) is 12.9. The number of anilines is 1. The van der Waals surface area contributed by atoms with E-state index < -0.39 is 5.82 Å². The van der Waals surface area contributed by atoms with Gasteiger partial charge < -0.3 is 10.3 Å². The fourth-order valence-corrected chi connectivity index (χ4v) is 1.94. The SMILES string of the molecule is CC(C)(C)n1cnc(-c2ccc(F)c(Cl)c2)c1N. The normalized spacial score (nSPS) is 11.8. The molecule has 18 heavy (non-hydrogen) atoms. The largest absolute Gasteiger partial charge is 0.383 e. The Labute approximate surface area is 110 Å². The van der Waals surface area contributed by atoms with Crippen molar-refractivity contribution in [3.63, 3.8) is 0 Å². The van der Waals surface area contributed by atoms with Gasteiger partial charge in [0.1, 0.15) is 17.3 Å². The number of nitrogens with two attached hydrogens (primary N) is 1. The molecule has 0 saturated carbocycles. The van der Waals surface area contributed by atoms with E-state index in [2.05, 4.69) is 4.98 Å². The van der Waals surface area contributed by atoms with Crippen molar-refractivity contribution in [2.45, 2.75) is 26.3 Å². The molecule has 1 aromatic heterocycles. The van der Waals surface area contributed by atoms with Crippen molar-refractivity contribution >= 4 is 17.4 Å². The number of rotatable bonds is 1. The fraction of sp³-hybridized carbons (Fsp3) is 0.308. The fourth-order valence-electron chi connectivity index (χ4n) is 1.76. The van der Waals surface area contributed by atoms with E-state index in [0.29, 0.717) is 17.1 Å². The molecule has 96 valence electrons. The highest BCUT2D eigenvalue weighted by molar-refractivity contribution is 6.31. The first-order valence-corrected chi connectivity index (χ1v) is 5.97. The third-order valence-electron chi connectivity index (χ3n) is 2.72. The molecule has 2 rings (SSSR count). The molecule has 0 bridgehead atoms. The van der Waals surface area contributed by atoms with Crippen LogP contribution in [-0.2, 0) is 5.54 Å². The standard InChI is InChI=1S/C13H15ClFN3/c1-13(2,3)18-7-17-11(12(18)16)8-4-5-10(15)9(14)6-8/h4-7H,16H2,1-3H3. The molecule has 0 fully saturated rings. The van der Waals surface area contributed by atoms with Crippen molar-refractivity contribution in [2.75, 3.05) is 5.73 Å². The average molecular weight is 268 g/mol. The van der Waals surface area contributed by atoms with E-state index in [9.17, 15) is 4.39 Å². The van der Waals surface area contributed by atoms with Gasteiger partial charge in [0.2, 0.25) is 0 Å². The second-order valence-corrected chi connectivity index (χ2v) is 5.56. The lowest BCUT2D eigenvalue weighted by Gasteiger charge is -2.22. The van der Waals surface area contributed by atoms with Crippen LogP contribution in [0.2, 0.25) is 5.02 Å². The van der Waals surface area contributed by atoms with Gasteiger partial charge in [0.05, 0.1) is 11.3 Å². The number of hydrogen-bond donors (Lipinski definition) is 1. The Balaban J connectivity index is 2.52. The number of imidazole rings is 1. The van der Waals surface area contributed by atoms with Gasteiger partial charge in [-0.2, -0.15) is 0 Å². The lowest BCUT2D eigenvalue weighted by Crippen LogP contribution is -2.22. The molecule has 3 nitrogen and oxygen atoms in total. The Bertz CT molecular complexity index is 584. The monoisotopic (exact) mass is 267 g/mol. The summed E-state index contributed by atoms with van der Waals surface area (Å²) in [4.78, 5) is 4.28. The number of nitrogens with zero attached hydrogens (tertiary/aromatic N) is 2. The Morgan fingerprint density at radius 2 is 2.00 bits per heavy atom. The summed E-state index contributed by atoms with van der Waals surface area (Å²) in [5.41, 5.74) is 7.25. The van der Waals surface area contributed by atoms with Gasteiger partial charge in [-0.1, -0.05) is 11.6 Å². The molecule has 1 heterocycles. The minimum atomic E-state index is -0.450. The quantitative estimate of drug-likeness (QED) is 0.857. The van der Waals surface area contributed by atoms with E-state index in [4.69, 9.17) is 17.3 Å². The van der Waals surface area contributed by atoms with Crippen molar-refractivity contribution in [2.24, 2.45) is 0 Å². The highest BCUT2D eigenvalue weighted by Crippen LogP contribution is 2.30. The number of aromatic nitrogens is 2. The summed E-state index contributed by atoms with van der Waals surface area (Å²) < 4.78 is 15.0. The first-order chi connectivity index (χ1) is 8.30. The van der Waals surface area contributed by atoms with Gasteiger partial charge in [-0.05, 0) is 39.0 Å². The van der Waals surface area contributed by atoms with Crippen LogP contribution in [0.4, 0.5) is 10.2 Å². The molecular formula is C13H15ClFN3. The highest BCUT2D eigenvalue weighted by atomic mass is 35.5. The zero-order chi connectivity index (χ0) is 13.5. The molecule has 0 amide bonds. The maximum absolute atomic E-state index is 13.1. The second-order valence-electron chi connectivity index (χ2n) is 5.15. The predicted molar refractivity (Wildman–Crippen MR) is 72.0 cm³/mol. The van der Waals surface area contributed by atoms with Gasteiger partial charge in [-0.15, -0.1) is 0 Å². The molecule has 2 N–H and O–H groups in total. The number of benzene rings is 1. The van der Waals surface area contributed by atoms with Gasteiger partial charge in [0, 0.05) is 11.1 Å². The van der Waals surface area contributed by atoms with E-state index in [1.807, 2.05) is 25.3 Å². The van der Waals surface area contributed by atoms with Crippen LogP contribution < -0.4 is 5.73 Å². The third kappa shape index (κ3) is 2.20. The van der Waals surface area contributed by atoms with E-state index in [0.717, 1.165) is 0 Å². The molecule has 2 aromatic rings. The topological polar surface area (TPSA) is 43.8 Å². The smallest absolute Gasteiger partial charge is 0.141 e. The first-order valence-electron chi connectivity index (χ1n) is 5.59. The minimum Gasteiger partial charge on any atom is -0.383 e. The summed E-state index contributed by atoms with van der Waals surface area (Å²) in [5.74, 6) is 0.0967. The highest BCUT2D eigenvalue weighted by Gasteiger charge is 2.19. The summed E-state index contributed by atoms with van der Waals surface area (Å²) in [7, 11) is 0. The van der Waals surface area contributed by atoms with Crippen LogP contribution in [-0.4, -0.2) is 9.55 Å². The van der Waals surface area contributed by atoms with Gasteiger partial charge >= 0.3 is 0 Å². The van der Waals surface area contributed by atoms with Gasteiger partial charge in [0.25, 0.3) is 0 Å². The molecular weight excluding hydrogens is 253 g/mol. The molecule has 0 aliphatic rings. The molecule has 0 saturated heterocycles. The zero-order valence-corrected chi connectivity index (χ0v) is 11.3. The molecule has 0 aliphatic heterocycles. The van der Waals surface area contributed by atoms with Crippen LogP contribution in [0.5, 0.6) is 0 Å². The van der Waals surface area contributed by atoms with Gasteiger partial charge in [0.15, 0.2) is 0 Å². The number of halogens is 2. The summed E-state index contributed by atoms with van der Waals surface area (Å²) in [6.07, 6.45) is 1.68. The van der Waals surface area contributed by atoms with Crippen LogP contribution in [0.15, 0.2) is 24.5 Å². The molecule has 0 unspecified atom stereocenters. The van der Waals surface area contributed by atoms with Crippen LogP contribution in [0.3, 0.4) is 0 Å². The summed E-state index contributed by atoms with van der Waals surface area (Å²) in [6, 6.07) is 4.46. The van der Waals surface area contributed by atoms with Gasteiger partial charge in [-0.25, -0.2) is 9.37 Å². The van der Waals surface area contributed by atoms with Crippen LogP contribution in [0.1, 0.15) is 20.8 Å². The Morgan fingerprint density at radius 3 is 2.50 bits per heavy atom. The lowest BCUT2D eigenvalue weighted by molar-refractivity contribution is 0.402. The summed E-state index contributed by atoms with van der Waals surface area (Å²) in [6.45, 7) is 6.10. The van der Waals surface area contributed by atoms with E-state index in [1.165, 1.54) is 12.1 Å². The summed E-state index contributed by atoms with van der Waals surface area (Å²) in [5, 5.41) is 0.0669. The van der Waals surface area contributed by atoms with E-state index in [-0.39, 0.29) is 10.6 Å². The van der Waals surface area contributed by atoms with E-state index in [1.54, 1.807) is 12.4 Å². The molecule has 1 aromatic carbocycles. The average Bonchev–Trinajstić information content (AvgIpc) is 2.64. The Morgan fingerprint density at radius 1 is 1.33 bits per heavy atom. The lowest BCUT2D eigenvalue weighted by atomic mass is 10.1. The van der Waals surface area contributed by atoms with Crippen molar-refractivity contribution in [3.8, 4) is 11.3 Å². The van der Waals surface area contributed by atoms with Crippen molar-refractivity contribution < 1.29 is 4.39 Å². The minimum absolute atomic E-state index is 0.0669. The van der Waals surface area contributed by atoms with Crippen molar-refractivity contribution in [1.82, 2.24) is 9.55 Å². The van der Waals surface area contributed by atoms with Crippen LogP contribution in [0.25, 0.3) is 11.3 Å². The Kier molecular flexibility index (Phi) is 3.07. The second kappa shape index (κ2) is 4.28. The predicted octanol–water partition coefficient (Wildman–Crippen LogP) is 3.68. The van der Waals surface area contributed by atoms with Crippen LogP contribution in [0, 0.1) is 5.82 Å². The van der Waals surface area contributed by atoms with Crippen molar-refractivity contribution in [3.05, 3.63) is 35.4 Å². The summed E-state index contributed by atoms with van der Waals surface area (Å²) >= 11 is 5.76. The molecule has 5 heteroatoms. The van der Waals surface area contributed by atoms with Crippen molar-refractivity contribution in [1.29, 1.82) is 0 Å². The number of hydrogen-bond acceptors (Lipinski definition) is 2. The maximum atomic E-state index is 13.1. The molecule has 0 radical (unpaired) electrons. The Hall–Kier alpha value is -1.55.